The molecule has 0 aliphatic rings. The molecule has 7 heteroatoms. The Balaban J connectivity index is 1.62. The van der Waals surface area contributed by atoms with Crippen molar-refractivity contribution in [2.24, 2.45) is 7.05 Å². The number of allylic oxidation sites excluding steroid dienone is 1. The molecular formula is C21H15N5OS. The highest BCUT2D eigenvalue weighted by Gasteiger charge is 2.14. The first kappa shape index (κ1) is 17.6. The number of nitriles is 1. The summed E-state index contributed by atoms with van der Waals surface area (Å²) >= 11 is 1.17. The first-order chi connectivity index (χ1) is 13.7. The summed E-state index contributed by atoms with van der Waals surface area (Å²) in [4.78, 5) is 12.2. The molecule has 0 radical (unpaired) electrons. The highest BCUT2D eigenvalue weighted by atomic mass is 32.1. The number of nitrogens with zero attached hydrogens (tertiary/aromatic N) is 4. The summed E-state index contributed by atoms with van der Waals surface area (Å²) < 4.78 is 2.02. The van der Waals surface area contributed by atoms with Gasteiger partial charge in [-0.3, -0.25) is 10.1 Å². The number of para-hydroxylation sites is 1. The van der Waals surface area contributed by atoms with Gasteiger partial charge in [0.1, 0.15) is 6.07 Å². The quantitative estimate of drug-likeness (QED) is 0.530. The molecule has 2 aromatic heterocycles. The largest absolute Gasteiger partial charge is 0.350 e. The predicted octanol–water partition coefficient (Wildman–Crippen LogP) is 4.35. The average molecular weight is 385 g/mol. The Labute approximate surface area is 165 Å². The van der Waals surface area contributed by atoms with E-state index in [9.17, 15) is 10.1 Å². The molecule has 6 nitrogen and oxygen atoms in total. The van der Waals surface area contributed by atoms with Crippen LogP contribution in [0.5, 0.6) is 0 Å². The number of rotatable bonds is 4. The molecule has 28 heavy (non-hydrogen) atoms. The summed E-state index contributed by atoms with van der Waals surface area (Å²) in [6.45, 7) is 0. The lowest BCUT2D eigenvalue weighted by molar-refractivity contribution is 0.102. The predicted molar refractivity (Wildman–Crippen MR) is 111 cm³/mol. The summed E-state index contributed by atoms with van der Waals surface area (Å²) in [5, 5.41) is 22.3. The second kappa shape index (κ2) is 7.47. The van der Waals surface area contributed by atoms with Crippen molar-refractivity contribution in [2.75, 3.05) is 5.32 Å². The molecule has 2 aromatic carbocycles. The van der Waals surface area contributed by atoms with E-state index in [0.717, 1.165) is 16.5 Å². The molecule has 0 unspecified atom stereocenters. The maximum Gasteiger partial charge on any atom is 0.257 e. The van der Waals surface area contributed by atoms with Crippen LogP contribution < -0.4 is 5.32 Å². The zero-order valence-electron chi connectivity index (χ0n) is 15.0. The third-order valence-electron chi connectivity index (χ3n) is 4.26. The number of carbonyl (C=O) groups is 1. The van der Waals surface area contributed by atoms with Crippen LogP contribution >= 0.6 is 11.3 Å². The number of amides is 1. The van der Waals surface area contributed by atoms with E-state index in [0.29, 0.717) is 21.3 Å². The summed E-state index contributed by atoms with van der Waals surface area (Å²) in [7, 11) is 1.97. The molecule has 1 N–H and O–H groups in total. The smallest absolute Gasteiger partial charge is 0.257 e. The van der Waals surface area contributed by atoms with Crippen LogP contribution in [0.1, 0.15) is 20.9 Å². The van der Waals surface area contributed by atoms with E-state index in [1.54, 1.807) is 30.3 Å². The zero-order chi connectivity index (χ0) is 19.5. The number of hydrogen-bond acceptors (Lipinski definition) is 5. The monoisotopic (exact) mass is 385 g/mol. The lowest BCUT2D eigenvalue weighted by Crippen LogP contribution is -2.11. The number of aromatic nitrogens is 3. The molecule has 0 bridgehead atoms. The molecule has 4 rings (SSSR count). The van der Waals surface area contributed by atoms with Gasteiger partial charge >= 0.3 is 0 Å². The Morgan fingerprint density at radius 2 is 1.89 bits per heavy atom. The molecule has 136 valence electrons. The van der Waals surface area contributed by atoms with Crippen molar-refractivity contribution in [3.05, 3.63) is 76.9 Å². The average Bonchev–Trinajstić information content (AvgIpc) is 3.31. The first-order valence-electron chi connectivity index (χ1n) is 8.52. The van der Waals surface area contributed by atoms with Crippen LogP contribution in [0.25, 0.3) is 22.6 Å². The number of anilines is 1. The Kier molecular flexibility index (Phi) is 4.70. The first-order valence-corrected chi connectivity index (χ1v) is 9.33. The lowest BCUT2D eigenvalue weighted by Gasteiger charge is -1.99. The van der Waals surface area contributed by atoms with E-state index in [-0.39, 0.29) is 5.91 Å². The minimum atomic E-state index is -0.264. The van der Waals surface area contributed by atoms with Crippen molar-refractivity contribution in [3.63, 3.8) is 0 Å². The van der Waals surface area contributed by atoms with Crippen molar-refractivity contribution < 1.29 is 4.79 Å². The van der Waals surface area contributed by atoms with Gasteiger partial charge in [-0.25, -0.2) is 0 Å². The van der Waals surface area contributed by atoms with E-state index >= 15 is 0 Å². The highest BCUT2D eigenvalue weighted by Crippen LogP contribution is 2.28. The summed E-state index contributed by atoms with van der Waals surface area (Å²) in [5.74, 6) is -0.264. The number of benzene rings is 2. The Bertz CT molecular complexity index is 1230. The fraction of sp³-hybridized carbons (Fsp3) is 0.0476. The van der Waals surface area contributed by atoms with Gasteiger partial charge in [-0.15, -0.1) is 10.2 Å². The van der Waals surface area contributed by atoms with Crippen LogP contribution in [-0.4, -0.2) is 20.7 Å². The fourth-order valence-corrected chi connectivity index (χ4v) is 3.63. The van der Waals surface area contributed by atoms with Gasteiger partial charge in [-0.1, -0.05) is 47.7 Å². The van der Waals surface area contributed by atoms with E-state index < -0.39 is 0 Å². The van der Waals surface area contributed by atoms with Gasteiger partial charge in [0.2, 0.25) is 5.13 Å². The van der Waals surface area contributed by atoms with Crippen LogP contribution in [-0.2, 0) is 7.05 Å². The van der Waals surface area contributed by atoms with Gasteiger partial charge in [0.25, 0.3) is 5.91 Å². The van der Waals surface area contributed by atoms with Gasteiger partial charge in [-0.05, 0) is 24.3 Å². The lowest BCUT2D eigenvalue weighted by atomic mass is 10.1. The number of fused-ring (bicyclic) bond motifs is 1. The van der Waals surface area contributed by atoms with Gasteiger partial charge in [0.05, 0.1) is 5.57 Å². The van der Waals surface area contributed by atoms with E-state index in [2.05, 4.69) is 21.6 Å². The Morgan fingerprint density at radius 1 is 1.14 bits per heavy atom. The number of hydrogen-bond donors (Lipinski definition) is 1. The molecule has 0 aliphatic heterocycles. The molecule has 0 saturated carbocycles. The minimum Gasteiger partial charge on any atom is -0.350 e. The second-order valence-electron chi connectivity index (χ2n) is 6.11. The normalized spacial score (nSPS) is 11.4. The Hall–Kier alpha value is -3.76. The van der Waals surface area contributed by atoms with Crippen molar-refractivity contribution in [2.45, 2.75) is 0 Å². The maximum absolute atomic E-state index is 12.2. The molecule has 0 spiro atoms. The topological polar surface area (TPSA) is 83.6 Å². The van der Waals surface area contributed by atoms with E-state index in [1.165, 1.54) is 11.3 Å². The van der Waals surface area contributed by atoms with Gasteiger partial charge in [-0.2, -0.15) is 5.26 Å². The number of aryl methyl sites for hydroxylation is 1. The van der Waals surface area contributed by atoms with Gasteiger partial charge < -0.3 is 4.57 Å². The minimum absolute atomic E-state index is 0.264. The van der Waals surface area contributed by atoms with Crippen LogP contribution in [0.2, 0.25) is 0 Å². The van der Waals surface area contributed by atoms with Crippen molar-refractivity contribution in [1.82, 2.24) is 14.8 Å². The van der Waals surface area contributed by atoms with Gasteiger partial charge in [0.15, 0.2) is 5.01 Å². The van der Waals surface area contributed by atoms with Crippen LogP contribution in [0, 0.1) is 11.3 Å². The maximum atomic E-state index is 12.2. The number of carbonyl (C=O) groups excluding carboxylic acids is 1. The molecule has 0 fully saturated rings. The van der Waals surface area contributed by atoms with Crippen molar-refractivity contribution in [3.8, 4) is 6.07 Å². The molecule has 0 atom stereocenters. The van der Waals surface area contributed by atoms with Crippen molar-refractivity contribution >= 4 is 44.9 Å². The number of nitrogens with one attached hydrogen (secondary N) is 1. The molecule has 1 amide bonds. The second-order valence-corrected chi connectivity index (χ2v) is 7.09. The summed E-state index contributed by atoms with van der Waals surface area (Å²) in [6, 6.07) is 19.0. The molecular weight excluding hydrogens is 370 g/mol. The van der Waals surface area contributed by atoms with Gasteiger partial charge in [0, 0.05) is 35.3 Å². The Morgan fingerprint density at radius 3 is 2.68 bits per heavy atom. The zero-order valence-corrected chi connectivity index (χ0v) is 15.8. The molecule has 0 aliphatic carbocycles. The standard InChI is InChI=1S/C21H15N5OS/c1-26-13-16(17-9-5-6-10-18(17)26)11-15(12-22)20-24-25-21(28-20)23-19(27)14-7-3-2-4-8-14/h2-11,13H,1H3,(H,23,25,27)/b15-11-. The van der Waals surface area contributed by atoms with Crippen LogP contribution in [0.3, 0.4) is 0 Å². The fourth-order valence-electron chi connectivity index (χ4n) is 2.93. The van der Waals surface area contributed by atoms with Crippen molar-refractivity contribution in [1.29, 1.82) is 5.26 Å². The summed E-state index contributed by atoms with van der Waals surface area (Å²) in [6.07, 6.45) is 3.77. The third-order valence-corrected chi connectivity index (χ3v) is 5.13. The van der Waals surface area contributed by atoms with Crippen LogP contribution in [0.4, 0.5) is 5.13 Å². The molecule has 2 heterocycles. The van der Waals surface area contributed by atoms with E-state index in [1.807, 2.05) is 48.1 Å². The molecule has 4 aromatic rings. The third kappa shape index (κ3) is 3.41. The highest BCUT2D eigenvalue weighted by molar-refractivity contribution is 7.16. The summed E-state index contributed by atoms with van der Waals surface area (Å²) in [5.41, 5.74) is 2.94. The molecule has 0 saturated heterocycles. The SMILES string of the molecule is Cn1cc(/C=C(/C#N)c2nnc(NC(=O)c3ccccc3)s2)c2ccccc21. The van der Waals surface area contributed by atoms with E-state index in [4.69, 9.17) is 0 Å². The van der Waals surface area contributed by atoms with Crippen LogP contribution in [0.15, 0.2) is 60.8 Å².